The van der Waals surface area contributed by atoms with E-state index in [4.69, 9.17) is 4.74 Å². The van der Waals surface area contributed by atoms with Gasteiger partial charge in [-0.3, -0.25) is 0 Å². The third kappa shape index (κ3) is 3.50. The number of aromatic nitrogens is 1. The summed E-state index contributed by atoms with van der Waals surface area (Å²) in [5, 5.41) is 11.9. The van der Waals surface area contributed by atoms with Crippen LogP contribution in [0.4, 0.5) is 4.39 Å². The zero-order chi connectivity index (χ0) is 16.9. The molecule has 0 aliphatic rings. The van der Waals surface area contributed by atoms with Crippen molar-refractivity contribution in [1.82, 2.24) is 4.98 Å². The second-order valence-corrected chi connectivity index (χ2v) is 5.85. The summed E-state index contributed by atoms with van der Waals surface area (Å²) in [6.45, 7) is 0. The molecule has 0 N–H and O–H groups in total. The minimum Gasteiger partial charge on any atom is -0.497 e. The number of methoxy groups -OCH3 is 1. The molecule has 0 aliphatic carbocycles. The molecule has 3 aromatic rings. The van der Waals surface area contributed by atoms with E-state index in [-0.39, 0.29) is 5.82 Å². The number of rotatable bonds is 4. The Morgan fingerprint density at radius 3 is 2.50 bits per heavy atom. The van der Waals surface area contributed by atoms with E-state index in [1.807, 2.05) is 29.6 Å². The Labute approximate surface area is 143 Å². The van der Waals surface area contributed by atoms with E-state index >= 15 is 0 Å². The molecule has 5 heteroatoms. The Hall–Kier alpha value is -2.97. The molecule has 2 aromatic carbocycles. The second kappa shape index (κ2) is 7.07. The fourth-order valence-corrected chi connectivity index (χ4v) is 2.95. The number of nitriles is 1. The first-order valence-corrected chi connectivity index (χ1v) is 8.05. The summed E-state index contributed by atoms with van der Waals surface area (Å²) in [5.74, 6) is 0.477. The molecule has 118 valence electrons. The van der Waals surface area contributed by atoms with Crippen molar-refractivity contribution in [1.29, 1.82) is 5.26 Å². The summed E-state index contributed by atoms with van der Waals surface area (Å²) in [6.07, 6.45) is 1.78. The SMILES string of the molecule is COc1ccc(/C=C(\C#N)c2nc(-c3ccc(F)cc3)cs2)cc1. The minimum absolute atomic E-state index is 0.286. The molecule has 0 unspecified atom stereocenters. The Kier molecular flexibility index (Phi) is 4.69. The second-order valence-electron chi connectivity index (χ2n) is 4.99. The van der Waals surface area contributed by atoms with Gasteiger partial charge >= 0.3 is 0 Å². The summed E-state index contributed by atoms with van der Waals surface area (Å²) < 4.78 is 18.1. The zero-order valence-corrected chi connectivity index (χ0v) is 13.7. The van der Waals surface area contributed by atoms with E-state index < -0.39 is 0 Å². The van der Waals surface area contributed by atoms with E-state index in [0.717, 1.165) is 22.6 Å². The molecule has 0 bridgehead atoms. The quantitative estimate of drug-likeness (QED) is 0.628. The first-order chi connectivity index (χ1) is 11.7. The van der Waals surface area contributed by atoms with E-state index in [9.17, 15) is 9.65 Å². The molecular formula is C19H13FN2OS. The third-order valence-corrected chi connectivity index (χ3v) is 4.30. The molecule has 3 nitrogen and oxygen atoms in total. The number of benzene rings is 2. The Balaban J connectivity index is 1.90. The van der Waals surface area contributed by atoms with Crippen LogP contribution in [0.1, 0.15) is 10.6 Å². The lowest BCUT2D eigenvalue weighted by Crippen LogP contribution is -1.84. The van der Waals surface area contributed by atoms with Crippen LogP contribution in [0.3, 0.4) is 0 Å². The monoisotopic (exact) mass is 336 g/mol. The maximum absolute atomic E-state index is 13.0. The van der Waals surface area contributed by atoms with Crippen LogP contribution in [0.25, 0.3) is 22.9 Å². The predicted octanol–water partition coefficient (Wildman–Crippen LogP) is 5.02. The average molecular weight is 336 g/mol. The van der Waals surface area contributed by atoms with E-state index in [1.54, 1.807) is 25.3 Å². The van der Waals surface area contributed by atoms with Crippen molar-refractivity contribution < 1.29 is 9.13 Å². The first kappa shape index (κ1) is 15.9. The number of ether oxygens (including phenoxy) is 1. The molecule has 3 rings (SSSR count). The van der Waals surface area contributed by atoms with Crippen LogP contribution in [0.15, 0.2) is 53.9 Å². The van der Waals surface area contributed by atoms with Gasteiger partial charge in [-0.25, -0.2) is 9.37 Å². The summed E-state index contributed by atoms with van der Waals surface area (Å²) in [7, 11) is 1.61. The van der Waals surface area contributed by atoms with Crippen molar-refractivity contribution in [3.05, 3.63) is 70.3 Å². The normalized spacial score (nSPS) is 11.1. The molecule has 0 radical (unpaired) electrons. The first-order valence-electron chi connectivity index (χ1n) is 7.17. The van der Waals surface area contributed by atoms with Gasteiger partial charge in [-0.05, 0) is 48.0 Å². The van der Waals surface area contributed by atoms with E-state index in [1.165, 1.54) is 23.5 Å². The van der Waals surface area contributed by atoms with Gasteiger partial charge in [-0.15, -0.1) is 11.3 Å². The molecule has 0 saturated carbocycles. The highest BCUT2D eigenvalue weighted by atomic mass is 32.1. The van der Waals surface area contributed by atoms with Crippen molar-refractivity contribution in [2.24, 2.45) is 0 Å². The minimum atomic E-state index is -0.286. The Bertz CT molecular complexity index is 906. The lowest BCUT2D eigenvalue weighted by atomic mass is 10.1. The van der Waals surface area contributed by atoms with Crippen molar-refractivity contribution in [2.75, 3.05) is 7.11 Å². The summed E-state index contributed by atoms with van der Waals surface area (Å²) in [4.78, 5) is 4.49. The highest BCUT2D eigenvalue weighted by Gasteiger charge is 2.09. The molecule has 0 atom stereocenters. The molecule has 24 heavy (non-hydrogen) atoms. The van der Waals surface area contributed by atoms with Gasteiger partial charge < -0.3 is 4.74 Å². The summed E-state index contributed by atoms with van der Waals surface area (Å²) >= 11 is 1.39. The fraction of sp³-hybridized carbons (Fsp3) is 0.0526. The smallest absolute Gasteiger partial charge is 0.134 e. The highest BCUT2D eigenvalue weighted by molar-refractivity contribution is 7.11. The Morgan fingerprint density at radius 1 is 1.17 bits per heavy atom. The lowest BCUT2D eigenvalue weighted by molar-refractivity contribution is 0.415. The number of halogens is 1. The van der Waals surface area contributed by atoms with Crippen molar-refractivity contribution in [3.63, 3.8) is 0 Å². The highest BCUT2D eigenvalue weighted by Crippen LogP contribution is 2.27. The topological polar surface area (TPSA) is 45.9 Å². The molecule has 1 aromatic heterocycles. The van der Waals surface area contributed by atoms with Crippen molar-refractivity contribution >= 4 is 23.0 Å². The van der Waals surface area contributed by atoms with E-state index in [2.05, 4.69) is 11.1 Å². The van der Waals surface area contributed by atoms with Gasteiger partial charge in [-0.1, -0.05) is 12.1 Å². The van der Waals surface area contributed by atoms with Crippen LogP contribution in [-0.4, -0.2) is 12.1 Å². The molecule has 0 amide bonds. The van der Waals surface area contributed by atoms with Gasteiger partial charge in [0.15, 0.2) is 0 Å². The standard InChI is InChI=1S/C19H13FN2OS/c1-23-17-8-2-13(3-9-17)10-15(11-21)19-22-18(12-24-19)14-4-6-16(20)7-5-14/h2-10,12H,1H3/b15-10+. The van der Waals surface area contributed by atoms with Gasteiger partial charge in [-0.2, -0.15) is 5.26 Å². The molecule has 1 heterocycles. The molecule has 0 fully saturated rings. The van der Waals surface area contributed by atoms with Crippen LogP contribution >= 0.6 is 11.3 Å². The van der Waals surface area contributed by atoms with Crippen molar-refractivity contribution in [3.8, 4) is 23.1 Å². The van der Waals surface area contributed by atoms with Crippen LogP contribution < -0.4 is 4.74 Å². The molecule has 0 spiro atoms. The van der Waals surface area contributed by atoms with E-state index in [0.29, 0.717) is 10.6 Å². The number of hydrogen-bond acceptors (Lipinski definition) is 4. The molecule has 0 aliphatic heterocycles. The van der Waals surface area contributed by atoms with Crippen molar-refractivity contribution in [2.45, 2.75) is 0 Å². The van der Waals surface area contributed by atoms with Gasteiger partial charge in [0, 0.05) is 10.9 Å². The third-order valence-electron chi connectivity index (χ3n) is 3.42. The molecule has 0 saturated heterocycles. The number of thiazole rings is 1. The van der Waals surface area contributed by atoms with Crippen LogP contribution in [0.2, 0.25) is 0 Å². The van der Waals surface area contributed by atoms with Crippen LogP contribution in [0.5, 0.6) is 5.75 Å². The average Bonchev–Trinajstić information content (AvgIpc) is 3.10. The predicted molar refractivity (Wildman–Crippen MR) is 94.0 cm³/mol. The van der Waals surface area contributed by atoms with Crippen LogP contribution in [0, 0.1) is 17.1 Å². The maximum atomic E-state index is 13.0. The Morgan fingerprint density at radius 2 is 1.88 bits per heavy atom. The van der Waals surface area contributed by atoms with Gasteiger partial charge in [0.25, 0.3) is 0 Å². The van der Waals surface area contributed by atoms with Gasteiger partial charge in [0.1, 0.15) is 22.6 Å². The number of hydrogen-bond donors (Lipinski definition) is 0. The summed E-state index contributed by atoms with van der Waals surface area (Å²) in [6, 6.07) is 15.8. The fourth-order valence-electron chi connectivity index (χ4n) is 2.16. The van der Waals surface area contributed by atoms with Gasteiger partial charge in [0.2, 0.25) is 0 Å². The van der Waals surface area contributed by atoms with Gasteiger partial charge in [0.05, 0.1) is 18.4 Å². The maximum Gasteiger partial charge on any atom is 0.134 e. The number of allylic oxidation sites excluding steroid dienone is 1. The summed E-state index contributed by atoms with van der Waals surface area (Å²) in [5.41, 5.74) is 2.93. The zero-order valence-electron chi connectivity index (χ0n) is 12.9. The largest absolute Gasteiger partial charge is 0.497 e. The molecular weight excluding hydrogens is 323 g/mol. The number of nitrogens with zero attached hydrogens (tertiary/aromatic N) is 2. The van der Waals surface area contributed by atoms with Crippen LogP contribution in [-0.2, 0) is 0 Å². The lowest BCUT2D eigenvalue weighted by Gasteiger charge is -2.00.